The maximum Gasteiger partial charge on any atom is 0.293 e. The average molecular weight is 668 g/mol. The molecular formula is C28H22BrCl2FN2O5S. The number of halogens is 4. The third kappa shape index (κ3) is 7.17. The van der Waals surface area contributed by atoms with Gasteiger partial charge in [0.2, 0.25) is 0 Å². The first-order valence-corrected chi connectivity index (χ1v) is 14.3. The molecule has 3 aromatic rings. The van der Waals surface area contributed by atoms with Crippen LogP contribution in [0.25, 0.3) is 6.08 Å². The van der Waals surface area contributed by atoms with Gasteiger partial charge in [0.25, 0.3) is 17.1 Å². The van der Waals surface area contributed by atoms with Crippen LogP contribution in [0.2, 0.25) is 10.0 Å². The Morgan fingerprint density at radius 1 is 1.10 bits per heavy atom. The van der Waals surface area contributed by atoms with Crippen LogP contribution in [0, 0.1) is 12.7 Å². The van der Waals surface area contributed by atoms with Gasteiger partial charge in [-0.15, -0.1) is 0 Å². The fraction of sp³-hybridized carbons (Fsp3) is 0.179. The monoisotopic (exact) mass is 666 g/mol. The number of anilines is 1. The molecule has 1 fully saturated rings. The summed E-state index contributed by atoms with van der Waals surface area (Å²) >= 11 is 16.4. The maximum absolute atomic E-state index is 13.4. The quantitative estimate of drug-likeness (QED) is 0.234. The standard InChI is InChI=1S/C28H22BrCl2FN2O5S/c1-3-38-23-9-16(8-20(29)26(23)39-14-25(35)33-19-7-4-15(2)21(30)12-19)10-24-27(36)34(28(37)40-24)13-17-5-6-18(32)11-22(17)31/h4-12H,3,13-14H2,1-2H3,(H,33,35)/b24-10-. The van der Waals surface area contributed by atoms with Crippen molar-refractivity contribution in [1.82, 2.24) is 4.90 Å². The number of carbonyl (C=O) groups excluding carboxylic acids is 3. The first-order chi connectivity index (χ1) is 19.0. The van der Waals surface area contributed by atoms with E-state index in [1.807, 2.05) is 6.92 Å². The number of benzene rings is 3. The van der Waals surface area contributed by atoms with Gasteiger partial charge in [-0.1, -0.05) is 35.3 Å². The zero-order valence-electron chi connectivity index (χ0n) is 21.2. The van der Waals surface area contributed by atoms with E-state index in [2.05, 4.69) is 21.2 Å². The number of nitrogens with one attached hydrogen (secondary N) is 1. The summed E-state index contributed by atoms with van der Waals surface area (Å²) in [6.45, 7) is 3.59. The van der Waals surface area contributed by atoms with Crippen LogP contribution in [0.5, 0.6) is 11.5 Å². The van der Waals surface area contributed by atoms with E-state index in [9.17, 15) is 18.8 Å². The van der Waals surface area contributed by atoms with Gasteiger partial charge in [-0.25, -0.2) is 4.39 Å². The zero-order valence-corrected chi connectivity index (χ0v) is 25.1. The van der Waals surface area contributed by atoms with Gasteiger partial charge in [-0.2, -0.15) is 0 Å². The van der Waals surface area contributed by atoms with Crippen LogP contribution in [-0.4, -0.2) is 35.2 Å². The lowest BCUT2D eigenvalue weighted by Gasteiger charge is -2.15. The number of thioether (sulfide) groups is 1. The van der Waals surface area contributed by atoms with E-state index in [4.69, 9.17) is 32.7 Å². The number of aryl methyl sites for hydroxylation is 1. The van der Waals surface area contributed by atoms with E-state index in [1.165, 1.54) is 12.1 Å². The predicted octanol–water partition coefficient (Wildman–Crippen LogP) is 7.86. The Bertz CT molecular complexity index is 1530. The Kier molecular flexibility index (Phi) is 9.78. The lowest BCUT2D eigenvalue weighted by Crippen LogP contribution is -2.27. The van der Waals surface area contributed by atoms with Gasteiger partial charge in [0.1, 0.15) is 5.82 Å². The van der Waals surface area contributed by atoms with Crippen LogP contribution in [0.15, 0.2) is 57.9 Å². The second-order valence-corrected chi connectivity index (χ2v) is 11.2. The molecule has 4 rings (SSSR count). The first-order valence-electron chi connectivity index (χ1n) is 11.9. The van der Waals surface area contributed by atoms with Crippen molar-refractivity contribution in [3.05, 3.63) is 90.5 Å². The zero-order chi connectivity index (χ0) is 29.0. The molecule has 1 heterocycles. The summed E-state index contributed by atoms with van der Waals surface area (Å²) in [7, 11) is 0. The molecular weight excluding hydrogens is 646 g/mol. The highest BCUT2D eigenvalue weighted by Gasteiger charge is 2.35. The van der Waals surface area contributed by atoms with E-state index >= 15 is 0 Å². The third-order valence-corrected chi connectivity index (χ3v) is 7.91. The molecule has 1 aliphatic heterocycles. The molecule has 0 bridgehead atoms. The molecule has 0 saturated carbocycles. The topological polar surface area (TPSA) is 84.9 Å². The largest absolute Gasteiger partial charge is 0.490 e. The maximum atomic E-state index is 13.4. The van der Waals surface area contributed by atoms with Gasteiger partial charge >= 0.3 is 0 Å². The molecule has 1 saturated heterocycles. The second kappa shape index (κ2) is 13.1. The van der Waals surface area contributed by atoms with Crippen LogP contribution >= 0.6 is 50.9 Å². The molecule has 0 aromatic heterocycles. The van der Waals surface area contributed by atoms with Gasteiger partial charge in [-0.05, 0) is 101 Å². The number of hydrogen-bond donors (Lipinski definition) is 1. The average Bonchev–Trinajstić information content (AvgIpc) is 3.14. The van der Waals surface area contributed by atoms with Gasteiger partial charge in [0.05, 0.1) is 22.5 Å². The Morgan fingerprint density at radius 3 is 2.58 bits per heavy atom. The number of carbonyl (C=O) groups is 3. The van der Waals surface area contributed by atoms with Crippen LogP contribution in [-0.2, 0) is 16.1 Å². The molecule has 0 unspecified atom stereocenters. The van der Waals surface area contributed by atoms with Gasteiger partial charge < -0.3 is 14.8 Å². The minimum Gasteiger partial charge on any atom is -0.490 e. The minimum atomic E-state index is -0.511. The molecule has 0 spiro atoms. The molecule has 12 heteroatoms. The summed E-state index contributed by atoms with van der Waals surface area (Å²) in [5.41, 5.74) is 2.44. The summed E-state index contributed by atoms with van der Waals surface area (Å²) in [5.74, 6) is -0.768. The summed E-state index contributed by atoms with van der Waals surface area (Å²) < 4.78 is 25.3. The third-order valence-electron chi connectivity index (χ3n) is 5.65. The fourth-order valence-corrected chi connectivity index (χ4v) is 5.51. The Balaban J connectivity index is 1.49. The Morgan fingerprint density at radius 2 is 1.88 bits per heavy atom. The van der Waals surface area contributed by atoms with Crippen LogP contribution in [0.1, 0.15) is 23.6 Å². The lowest BCUT2D eigenvalue weighted by atomic mass is 10.1. The molecule has 40 heavy (non-hydrogen) atoms. The van der Waals surface area contributed by atoms with Crippen molar-refractivity contribution in [3.63, 3.8) is 0 Å². The highest BCUT2D eigenvalue weighted by molar-refractivity contribution is 9.10. The second-order valence-electron chi connectivity index (χ2n) is 8.57. The summed E-state index contributed by atoms with van der Waals surface area (Å²) in [6, 6.07) is 12.3. The highest BCUT2D eigenvalue weighted by atomic mass is 79.9. The van der Waals surface area contributed by atoms with Crippen molar-refractivity contribution in [2.75, 3.05) is 18.5 Å². The Labute approximate surface area is 252 Å². The first kappa shape index (κ1) is 29.9. The number of ether oxygens (including phenoxy) is 2. The number of rotatable bonds is 9. The SMILES string of the molecule is CCOc1cc(/C=C2\SC(=O)N(Cc3ccc(F)cc3Cl)C2=O)cc(Br)c1OCC(=O)Nc1ccc(C)c(Cl)c1. The molecule has 1 aliphatic rings. The molecule has 0 atom stereocenters. The molecule has 3 amide bonds. The smallest absolute Gasteiger partial charge is 0.293 e. The van der Waals surface area contributed by atoms with Crippen molar-refractivity contribution in [2.24, 2.45) is 0 Å². The van der Waals surface area contributed by atoms with Crippen molar-refractivity contribution in [3.8, 4) is 11.5 Å². The molecule has 208 valence electrons. The van der Waals surface area contributed by atoms with Crippen LogP contribution < -0.4 is 14.8 Å². The highest BCUT2D eigenvalue weighted by Crippen LogP contribution is 2.40. The molecule has 0 radical (unpaired) electrons. The summed E-state index contributed by atoms with van der Waals surface area (Å²) in [4.78, 5) is 39.3. The van der Waals surface area contributed by atoms with E-state index in [1.54, 1.807) is 43.3 Å². The van der Waals surface area contributed by atoms with Crippen molar-refractivity contribution in [1.29, 1.82) is 0 Å². The van der Waals surface area contributed by atoms with Gasteiger partial charge in [0, 0.05) is 15.7 Å². The van der Waals surface area contributed by atoms with E-state index in [0.29, 0.717) is 44.4 Å². The Hall–Kier alpha value is -3.05. The number of amides is 3. The molecule has 7 nitrogen and oxygen atoms in total. The van der Waals surface area contributed by atoms with Crippen molar-refractivity contribution >= 4 is 79.7 Å². The van der Waals surface area contributed by atoms with E-state index in [-0.39, 0.29) is 23.1 Å². The molecule has 0 aliphatic carbocycles. The number of imide groups is 1. The van der Waals surface area contributed by atoms with Gasteiger partial charge in [-0.3, -0.25) is 19.3 Å². The van der Waals surface area contributed by atoms with Crippen molar-refractivity contribution < 1.29 is 28.2 Å². The number of hydrogen-bond acceptors (Lipinski definition) is 6. The molecule has 1 N–H and O–H groups in total. The van der Waals surface area contributed by atoms with E-state index < -0.39 is 22.9 Å². The number of nitrogens with zero attached hydrogens (tertiary/aromatic N) is 1. The summed E-state index contributed by atoms with van der Waals surface area (Å²) in [6.07, 6.45) is 1.56. The fourth-order valence-electron chi connectivity index (χ4n) is 3.69. The van der Waals surface area contributed by atoms with Crippen molar-refractivity contribution in [2.45, 2.75) is 20.4 Å². The van der Waals surface area contributed by atoms with Gasteiger partial charge in [0.15, 0.2) is 18.1 Å². The minimum absolute atomic E-state index is 0.0847. The predicted molar refractivity (Wildman–Crippen MR) is 159 cm³/mol. The molecule has 3 aromatic carbocycles. The van der Waals surface area contributed by atoms with Crippen LogP contribution in [0.4, 0.5) is 14.9 Å². The lowest BCUT2D eigenvalue weighted by molar-refractivity contribution is -0.123. The summed E-state index contributed by atoms with van der Waals surface area (Å²) in [5, 5.41) is 2.92. The normalized spacial score (nSPS) is 14.2. The van der Waals surface area contributed by atoms with E-state index in [0.717, 1.165) is 28.3 Å². The van der Waals surface area contributed by atoms with Crippen LogP contribution in [0.3, 0.4) is 0 Å².